The number of hydrogen-bond donors (Lipinski definition) is 4. The standard InChI is InChI=1S/C16H17BrFN5O2/c1-23-8-10(17)6-13(23)16(25)22-21-15(24)12-7-19-20-14(12)9-2-4-11(18)5-3-9/h2-6,8,12,14,19-20H,7H2,1H3,(H,21,24)(H,22,25). The van der Waals surface area contributed by atoms with E-state index in [1.807, 2.05) is 0 Å². The molecule has 1 aromatic heterocycles. The Labute approximate surface area is 152 Å². The van der Waals surface area contributed by atoms with E-state index in [4.69, 9.17) is 0 Å². The van der Waals surface area contributed by atoms with Crippen LogP contribution in [-0.4, -0.2) is 22.9 Å². The van der Waals surface area contributed by atoms with Crippen molar-refractivity contribution in [2.45, 2.75) is 6.04 Å². The van der Waals surface area contributed by atoms with Crippen LogP contribution in [0.4, 0.5) is 4.39 Å². The Hall–Kier alpha value is -2.23. The summed E-state index contributed by atoms with van der Waals surface area (Å²) >= 11 is 3.29. The molecule has 3 rings (SSSR count). The van der Waals surface area contributed by atoms with Gasteiger partial charge < -0.3 is 4.57 Å². The fourth-order valence-electron chi connectivity index (χ4n) is 2.75. The zero-order chi connectivity index (χ0) is 18.0. The molecule has 0 bridgehead atoms. The highest BCUT2D eigenvalue weighted by Crippen LogP contribution is 2.25. The lowest BCUT2D eigenvalue weighted by molar-refractivity contribution is -0.125. The first-order chi connectivity index (χ1) is 12.0. The number of hydrogen-bond acceptors (Lipinski definition) is 4. The average molecular weight is 410 g/mol. The number of halogens is 2. The summed E-state index contributed by atoms with van der Waals surface area (Å²) in [6.45, 7) is 0.388. The molecule has 2 atom stereocenters. The molecule has 0 aliphatic carbocycles. The van der Waals surface area contributed by atoms with Crippen LogP contribution in [0, 0.1) is 11.7 Å². The Morgan fingerprint density at radius 2 is 2.00 bits per heavy atom. The van der Waals surface area contributed by atoms with Crippen molar-refractivity contribution in [3.8, 4) is 0 Å². The number of aromatic nitrogens is 1. The van der Waals surface area contributed by atoms with Crippen molar-refractivity contribution < 1.29 is 14.0 Å². The third kappa shape index (κ3) is 3.89. The van der Waals surface area contributed by atoms with Gasteiger partial charge in [0, 0.05) is 24.3 Å². The third-order valence-electron chi connectivity index (χ3n) is 4.05. The van der Waals surface area contributed by atoms with E-state index in [-0.39, 0.29) is 17.8 Å². The first kappa shape index (κ1) is 17.6. The van der Waals surface area contributed by atoms with Crippen molar-refractivity contribution in [1.82, 2.24) is 26.3 Å². The fraction of sp³-hybridized carbons (Fsp3) is 0.250. The summed E-state index contributed by atoms with van der Waals surface area (Å²) in [4.78, 5) is 24.6. The van der Waals surface area contributed by atoms with Gasteiger partial charge in [-0.1, -0.05) is 12.1 Å². The zero-order valence-electron chi connectivity index (χ0n) is 13.3. The Morgan fingerprint density at radius 1 is 1.28 bits per heavy atom. The first-order valence-corrected chi connectivity index (χ1v) is 8.41. The zero-order valence-corrected chi connectivity index (χ0v) is 14.9. The van der Waals surface area contributed by atoms with E-state index in [1.54, 1.807) is 36.0 Å². The van der Waals surface area contributed by atoms with Crippen LogP contribution >= 0.6 is 15.9 Å². The van der Waals surface area contributed by atoms with Crippen LogP contribution in [0.1, 0.15) is 22.1 Å². The second-order valence-electron chi connectivity index (χ2n) is 5.76. The van der Waals surface area contributed by atoms with Gasteiger partial charge in [-0.3, -0.25) is 25.9 Å². The molecule has 1 fully saturated rings. The molecule has 1 saturated heterocycles. The Bertz CT molecular complexity index is 792. The lowest BCUT2D eigenvalue weighted by Crippen LogP contribution is -2.46. The van der Waals surface area contributed by atoms with Gasteiger partial charge in [-0.15, -0.1) is 0 Å². The van der Waals surface area contributed by atoms with Crippen LogP contribution in [0.15, 0.2) is 41.0 Å². The predicted octanol–water partition coefficient (Wildman–Crippen LogP) is 1.15. The number of nitrogens with zero attached hydrogens (tertiary/aromatic N) is 1. The number of hydrazine groups is 2. The number of benzene rings is 1. The summed E-state index contributed by atoms with van der Waals surface area (Å²) in [5.74, 6) is -1.55. The molecule has 0 radical (unpaired) electrons. The van der Waals surface area contributed by atoms with Crippen LogP contribution in [0.25, 0.3) is 0 Å². The number of nitrogens with one attached hydrogen (secondary N) is 4. The van der Waals surface area contributed by atoms with Gasteiger partial charge in [0.2, 0.25) is 5.91 Å². The largest absolute Gasteiger partial charge is 0.345 e. The summed E-state index contributed by atoms with van der Waals surface area (Å²) in [6, 6.07) is 7.28. The van der Waals surface area contributed by atoms with Crippen molar-refractivity contribution in [2.75, 3.05) is 6.54 Å². The van der Waals surface area contributed by atoms with Gasteiger partial charge in [0.05, 0.1) is 12.0 Å². The van der Waals surface area contributed by atoms with Crippen molar-refractivity contribution in [2.24, 2.45) is 13.0 Å². The number of rotatable bonds is 3. The Kier molecular flexibility index (Phi) is 5.16. The minimum absolute atomic E-state index is 0.318. The molecule has 132 valence electrons. The molecule has 2 amide bonds. The predicted molar refractivity (Wildman–Crippen MR) is 92.5 cm³/mol. The molecule has 4 N–H and O–H groups in total. The SMILES string of the molecule is Cn1cc(Br)cc1C(=O)NNC(=O)C1CNNC1c1ccc(F)cc1. The van der Waals surface area contributed by atoms with Crippen molar-refractivity contribution in [3.05, 3.63) is 58.1 Å². The van der Waals surface area contributed by atoms with Gasteiger partial charge in [-0.25, -0.2) is 9.82 Å². The normalized spacial score (nSPS) is 19.6. The molecule has 1 aliphatic heterocycles. The molecule has 7 nitrogen and oxygen atoms in total. The molecule has 0 saturated carbocycles. The molecule has 2 heterocycles. The maximum absolute atomic E-state index is 13.1. The van der Waals surface area contributed by atoms with Crippen LogP contribution in [0.5, 0.6) is 0 Å². The quantitative estimate of drug-likeness (QED) is 0.572. The lowest BCUT2D eigenvalue weighted by Gasteiger charge is -2.18. The molecule has 0 spiro atoms. The molecular formula is C16H17BrFN5O2. The van der Waals surface area contributed by atoms with E-state index in [1.165, 1.54) is 12.1 Å². The Balaban J connectivity index is 1.63. The number of carbonyl (C=O) groups excluding carboxylic acids is 2. The summed E-state index contributed by atoms with van der Waals surface area (Å²) in [5.41, 5.74) is 12.0. The molecule has 1 aliphatic rings. The summed E-state index contributed by atoms with van der Waals surface area (Å²) in [7, 11) is 1.73. The second kappa shape index (κ2) is 7.34. The topological polar surface area (TPSA) is 87.2 Å². The molecular weight excluding hydrogens is 393 g/mol. The molecule has 25 heavy (non-hydrogen) atoms. The third-order valence-corrected chi connectivity index (χ3v) is 4.48. The van der Waals surface area contributed by atoms with Crippen LogP contribution < -0.4 is 21.7 Å². The van der Waals surface area contributed by atoms with E-state index >= 15 is 0 Å². The smallest absolute Gasteiger partial charge is 0.286 e. The van der Waals surface area contributed by atoms with Crippen molar-refractivity contribution in [3.63, 3.8) is 0 Å². The molecule has 2 aromatic rings. The number of aryl methyl sites for hydroxylation is 1. The molecule has 1 aromatic carbocycles. The van der Waals surface area contributed by atoms with E-state index in [0.29, 0.717) is 12.2 Å². The summed E-state index contributed by atoms with van der Waals surface area (Å²) in [5, 5.41) is 0. The van der Waals surface area contributed by atoms with Gasteiger partial charge in [0.25, 0.3) is 5.91 Å². The minimum atomic E-state index is -0.453. The average Bonchev–Trinajstić information content (AvgIpc) is 3.19. The summed E-state index contributed by atoms with van der Waals surface area (Å²) in [6.07, 6.45) is 1.74. The van der Waals surface area contributed by atoms with Crippen molar-refractivity contribution in [1.29, 1.82) is 0 Å². The second-order valence-corrected chi connectivity index (χ2v) is 6.67. The van der Waals surface area contributed by atoms with Crippen LogP contribution in [0.2, 0.25) is 0 Å². The highest BCUT2D eigenvalue weighted by Gasteiger charge is 2.34. The van der Waals surface area contributed by atoms with Crippen LogP contribution in [0.3, 0.4) is 0 Å². The Morgan fingerprint density at radius 3 is 2.64 bits per heavy atom. The van der Waals surface area contributed by atoms with Gasteiger partial charge >= 0.3 is 0 Å². The van der Waals surface area contributed by atoms with Gasteiger partial charge in [0.1, 0.15) is 11.5 Å². The van der Waals surface area contributed by atoms with Gasteiger partial charge in [-0.2, -0.15) is 0 Å². The fourth-order valence-corrected chi connectivity index (χ4v) is 3.28. The van der Waals surface area contributed by atoms with E-state index < -0.39 is 11.8 Å². The highest BCUT2D eigenvalue weighted by molar-refractivity contribution is 9.10. The molecule has 9 heteroatoms. The summed E-state index contributed by atoms with van der Waals surface area (Å²) < 4.78 is 15.5. The maximum Gasteiger partial charge on any atom is 0.286 e. The van der Waals surface area contributed by atoms with Crippen molar-refractivity contribution >= 4 is 27.7 Å². The van der Waals surface area contributed by atoms with Crippen LogP contribution in [-0.2, 0) is 11.8 Å². The minimum Gasteiger partial charge on any atom is -0.345 e. The highest BCUT2D eigenvalue weighted by atomic mass is 79.9. The maximum atomic E-state index is 13.1. The lowest BCUT2D eigenvalue weighted by atomic mass is 9.94. The van der Waals surface area contributed by atoms with Gasteiger partial charge in [-0.05, 0) is 39.7 Å². The number of amides is 2. The number of carbonyl (C=O) groups is 2. The monoisotopic (exact) mass is 409 g/mol. The molecule has 2 unspecified atom stereocenters. The van der Waals surface area contributed by atoms with Gasteiger partial charge in [0.15, 0.2) is 0 Å². The first-order valence-electron chi connectivity index (χ1n) is 7.61. The van der Waals surface area contributed by atoms with E-state index in [9.17, 15) is 14.0 Å². The van der Waals surface area contributed by atoms with E-state index in [2.05, 4.69) is 37.6 Å². The van der Waals surface area contributed by atoms with E-state index in [0.717, 1.165) is 10.0 Å².